The van der Waals surface area contributed by atoms with Crippen molar-refractivity contribution in [1.82, 2.24) is 10.6 Å². The van der Waals surface area contributed by atoms with E-state index in [-0.39, 0.29) is 34.4 Å². The molecule has 0 radical (unpaired) electrons. The van der Waals surface area contributed by atoms with Crippen LogP contribution in [0, 0.1) is 0 Å². The van der Waals surface area contributed by atoms with Crippen LogP contribution in [0.4, 0.5) is 11.4 Å². The fourth-order valence-corrected chi connectivity index (χ4v) is 10.5. The van der Waals surface area contributed by atoms with E-state index in [0.29, 0.717) is 24.2 Å². The highest BCUT2D eigenvalue weighted by molar-refractivity contribution is 8.76. The molecule has 4 amide bonds. The van der Waals surface area contributed by atoms with Crippen molar-refractivity contribution in [3.63, 3.8) is 0 Å². The highest BCUT2D eigenvalue weighted by Gasteiger charge is 2.24. The van der Waals surface area contributed by atoms with Crippen molar-refractivity contribution < 1.29 is 39.0 Å². The standard InChI is InChI=1S/C56H90N4O8S2/c1-3-5-7-9-11-13-15-17-19-21-23-25-27-29-31-33-51(61)57-47-39-35-45(36-40-47)53(63)59-49(55(65)66)43-69-70-44-50(56(67)68)60-54(64)46-37-41-48(42-38-46)58-52(62)34-32-30-28-26-24-22-20-18-16-14-12-10-8-6-4-2/h35-42,49-50H,3-34,43-44H2,1-2H3,(H,57,61)(H,58,62)(H,59,63)(H,60,64)(H,65,66)(H,67,68)/t49-,50-/m0/s1. The van der Waals surface area contributed by atoms with Gasteiger partial charge >= 0.3 is 11.9 Å². The van der Waals surface area contributed by atoms with Crippen LogP contribution in [0.5, 0.6) is 0 Å². The van der Waals surface area contributed by atoms with Gasteiger partial charge in [-0.15, -0.1) is 0 Å². The quantitative estimate of drug-likeness (QED) is 0.0275. The predicted molar refractivity (Wildman–Crippen MR) is 292 cm³/mol. The van der Waals surface area contributed by atoms with Gasteiger partial charge in [0.05, 0.1) is 0 Å². The summed E-state index contributed by atoms with van der Waals surface area (Å²) in [6, 6.07) is 9.97. The predicted octanol–water partition coefficient (Wildman–Crippen LogP) is 14.5. The third-order valence-electron chi connectivity index (χ3n) is 12.6. The van der Waals surface area contributed by atoms with E-state index in [1.807, 2.05) is 0 Å². The lowest BCUT2D eigenvalue weighted by Crippen LogP contribution is -2.43. The molecule has 0 saturated heterocycles. The number of carbonyl (C=O) groups excluding carboxylic acids is 4. The average Bonchev–Trinajstić information content (AvgIpc) is 3.34. The van der Waals surface area contributed by atoms with Gasteiger partial charge in [-0.2, -0.15) is 0 Å². The summed E-state index contributed by atoms with van der Waals surface area (Å²) in [6.07, 6.45) is 38.6. The number of carbonyl (C=O) groups is 6. The van der Waals surface area contributed by atoms with Crippen molar-refractivity contribution in [2.75, 3.05) is 22.1 Å². The Morgan fingerprint density at radius 1 is 0.386 bits per heavy atom. The Labute approximate surface area is 429 Å². The number of anilines is 2. The molecule has 6 N–H and O–H groups in total. The number of hydrogen-bond donors (Lipinski definition) is 6. The fraction of sp³-hybridized carbons (Fsp3) is 0.679. The van der Waals surface area contributed by atoms with Gasteiger partial charge in [-0.25, -0.2) is 9.59 Å². The number of carboxylic acids is 2. The third-order valence-corrected chi connectivity index (χ3v) is 15.1. The maximum Gasteiger partial charge on any atom is 0.327 e. The Bertz CT molecular complexity index is 1600. The van der Waals surface area contributed by atoms with E-state index >= 15 is 0 Å². The minimum atomic E-state index is -1.26. The Morgan fingerprint density at radius 2 is 0.629 bits per heavy atom. The monoisotopic (exact) mass is 1010 g/mol. The zero-order valence-corrected chi connectivity index (χ0v) is 44.6. The normalized spacial score (nSPS) is 12.0. The van der Waals surface area contributed by atoms with Crippen LogP contribution in [0.2, 0.25) is 0 Å². The molecule has 2 atom stereocenters. The first-order valence-corrected chi connectivity index (χ1v) is 29.6. The lowest BCUT2D eigenvalue weighted by molar-refractivity contribution is -0.139. The number of aliphatic carboxylic acids is 2. The number of hydrogen-bond acceptors (Lipinski definition) is 8. The minimum absolute atomic E-state index is 0.0634. The van der Waals surface area contributed by atoms with E-state index in [4.69, 9.17) is 0 Å². The number of amides is 4. The smallest absolute Gasteiger partial charge is 0.327 e. The molecule has 0 aromatic heterocycles. The van der Waals surface area contributed by atoms with Gasteiger partial charge in [0.25, 0.3) is 11.8 Å². The third kappa shape index (κ3) is 32.0. The van der Waals surface area contributed by atoms with Crippen LogP contribution in [-0.2, 0) is 19.2 Å². The van der Waals surface area contributed by atoms with Crippen LogP contribution in [0.3, 0.4) is 0 Å². The van der Waals surface area contributed by atoms with Crippen molar-refractivity contribution in [3.8, 4) is 0 Å². The van der Waals surface area contributed by atoms with Crippen LogP contribution in [0.1, 0.15) is 240 Å². The molecule has 0 saturated carbocycles. The molecule has 12 nitrogen and oxygen atoms in total. The second-order valence-electron chi connectivity index (χ2n) is 18.9. The highest BCUT2D eigenvalue weighted by atomic mass is 33.1. The molecule has 14 heteroatoms. The largest absolute Gasteiger partial charge is 0.480 e. The lowest BCUT2D eigenvalue weighted by Gasteiger charge is -2.16. The van der Waals surface area contributed by atoms with Gasteiger partial charge in [0, 0.05) is 46.8 Å². The topological polar surface area (TPSA) is 191 Å². The van der Waals surface area contributed by atoms with Crippen molar-refractivity contribution in [3.05, 3.63) is 59.7 Å². The van der Waals surface area contributed by atoms with Gasteiger partial charge < -0.3 is 31.5 Å². The zero-order chi connectivity index (χ0) is 50.9. The Hall–Kier alpha value is -4.04. The molecule has 0 aliphatic carbocycles. The SMILES string of the molecule is CCCCCCCCCCCCCCCCCC(=O)Nc1ccc(C(=O)N[C@@H](CSSC[C@H](NC(=O)c2ccc(NC(=O)CCCCCCCCCCCCCCCCC)cc2)C(=O)O)C(=O)O)cc1. The summed E-state index contributed by atoms with van der Waals surface area (Å²) < 4.78 is 0. The summed E-state index contributed by atoms with van der Waals surface area (Å²) in [5.41, 5.74) is 1.55. The summed E-state index contributed by atoms with van der Waals surface area (Å²) >= 11 is 0. The van der Waals surface area contributed by atoms with Crippen molar-refractivity contribution in [2.45, 2.75) is 231 Å². The Morgan fingerprint density at radius 3 is 0.871 bits per heavy atom. The molecule has 2 rings (SSSR count). The molecule has 394 valence electrons. The molecule has 0 aliphatic rings. The first-order chi connectivity index (χ1) is 34.0. The molecule has 0 aliphatic heterocycles. The summed E-state index contributed by atoms with van der Waals surface area (Å²) in [5, 5.41) is 30.3. The van der Waals surface area contributed by atoms with E-state index < -0.39 is 35.8 Å². The number of nitrogens with one attached hydrogen (secondary N) is 4. The van der Waals surface area contributed by atoms with E-state index in [0.717, 1.165) is 60.1 Å². The minimum Gasteiger partial charge on any atom is -0.480 e. The highest BCUT2D eigenvalue weighted by Crippen LogP contribution is 2.24. The molecular weight excluding hydrogens is 921 g/mol. The molecular formula is C56H90N4O8S2. The lowest BCUT2D eigenvalue weighted by atomic mass is 10.0. The van der Waals surface area contributed by atoms with Gasteiger partial charge in [0.15, 0.2) is 0 Å². The van der Waals surface area contributed by atoms with Crippen LogP contribution in [0.15, 0.2) is 48.5 Å². The number of benzene rings is 2. The van der Waals surface area contributed by atoms with Crippen LogP contribution in [0.25, 0.3) is 0 Å². The van der Waals surface area contributed by atoms with Crippen LogP contribution < -0.4 is 21.3 Å². The number of carboxylic acid groups (broad SMARTS) is 2. The van der Waals surface area contributed by atoms with Gasteiger partial charge in [-0.3, -0.25) is 19.2 Å². The second-order valence-corrected chi connectivity index (χ2v) is 21.5. The second kappa shape index (κ2) is 41.6. The van der Waals surface area contributed by atoms with Gasteiger partial charge in [-0.05, 0) is 61.4 Å². The van der Waals surface area contributed by atoms with Crippen LogP contribution in [-0.4, -0.2) is 69.4 Å². The Kier molecular flexibility index (Phi) is 36.9. The first kappa shape index (κ1) is 62.1. The zero-order valence-electron chi connectivity index (χ0n) is 43.0. The maximum atomic E-state index is 12.9. The molecule has 0 spiro atoms. The van der Waals surface area contributed by atoms with Gasteiger partial charge in [-0.1, -0.05) is 215 Å². The molecule has 0 unspecified atom stereocenters. The molecule has 2 aromatic carbocycles. The fourth-order valence-electron chi connectivity index (χ4n) is 8.24. The molecule has 0 bridgehead atoms. The van der Waals surface area contributed by atoms with E-state index in [1.54, 1.807) is 24.3 Å². The molecule has 0 heterocycles. The van der Waals surface area contributed by atoms with E-state index in [9.17, 15) is 39.0 Å². The van der Waals surface area contributed by atoms with Crippen molar-refractivity contribution >= 4 is 68.5 Å². The van der Waals surface area contributed by atoms with E-state index in [1.165, 1.54) is 178 Å². The summed E-state index contributed by atoms with van der Waals surface area (Å²) in [7, 11) is 2.13. The average molecular weight is 1010 g/mol. The summed E-state index contributed by atoms with van der Waals surface area (Å²) in [5.74, 6) is -4.02. The number of unbranched alkanes of at least 4 members (excludes halogenated alkanes) is 28. The van der Waals surface area contributed by atoms with Gasteiger partial charge in [0.2, 0.25) is 11.8 Å². The van der Waals surface area contributed by atoms with Crippen molar-refractivity contribution in [2.24, 2.45) is 0 Å². The Balaban J connectivity index is 1.59. The van der Waals surface area contributed by atoms with Crippen molar-refractivity contribution in [1.29, 1.82) is 0 Å². The molecule has 70 heavy (non-hydrogen) atoms. The van der Waals surface area contributed by atoms with E-state index in [2.05, 4.69) is 35.1 Å². The molecule has 2 aromatic rings. The number of rotatable bonds is 45. The summed E-state index contributed by atoms with van der Waals surface area (Å²) in [6.45, 7) is 4.51. The summed E-state index contributed by atoms with van der Waals surface area (Å²) in [4.78, 5) is 74.9. The van der Waals surface area contributed by atoms with Gasteiger partial charge in [0.1, 0.15) is 12.1 Å². The molecule has 0 fully saturated rings. The van der Waals surface area contributed by atoms with Crippen LogP contribution >= 0.6 is 21.6 Å². The maximum absolute atomic E-state index is 12.9. The first-order valence-electron chi connectivity index (χ1n) is 27.2.